The largest absolute Gasteiger partial charge is 0.390 e. The van der Waals surface area contributed by atoms with Crippen LogP contribution in [0.15, 0.2) is 48.5 Å². The Morgan fingerprint density at radius 3 is 1.54 bits per heavy atom. The minimum absolute atomic E-state index is 0.0547. The molecule has 2 N–H and O–H groups in total. The topological polar surface area (TPSA) is 40.5 Å². The summed E-state index contributed by atoms with van der Waals surface area (Å²) in [5.41, 5.74) is 5.15. The van der Waals surface area contributed by atoms with Gasteiger partial charge in [0.1, 0.15) is 0 Å². The summed E-state index contributed by atoms with van der Waals surface area (Å²) in [7, 11) is 0. The zero-order chi connectivity index (χ0) is 16.5. The standard InChI is InChI=1S/C22H26O2/c23-21(19-13-5-9-15-7-1-3-11-17(15)19)22(24)20-14-6-10-16-8-2-4-12-18(16)20/h1-4,7-8,11-12,19-24H,5-6,9-10,13-14H2. The first-order valence-corrected chi connectivity index (χ1v) is 9.27. The van der Waals surface area contributed by atoms with Crippen molar-refractivity contribution in [3.8, 4) is 0 Å². The molecule has 2 aromatic carbocycles. The van der Waals surface area contributed by atoms with Crippen LogP contribution in [0.3, 0.4) is 0 Å². The van der Waals surface area contributed by atoms with Crippen LogP contribution in [-0.2, 0) is 12.8 Å². The quantitative estimate of drug-likeness (QED) is 0.898. The molecule has 0 fully saturated rings. The van der Waals surface area contributed by atoms with E-state index in [1.807, 2.05) is 12.1 Å². The lowest BCUT2D eigenvalue weighted by molar-refractivity contribution is -0.0189. The Labute approximate surface area is 144 Å². The van der Waals surface area contributed by atoms with E-state index in [0.29, 0.717) is 0 Å². The highest BCUT2D eigenvalue weighted by Gasteiger charge is 2.37. The first-order valence-electron chi connectivity index (χ1n) is 9.27. The maximum absolute atomic E-state index is 11.0. The first-order chi connectivity index (χ1) is 11.8. The maximum atomic E-state index is 11.0. The molecule has 0 aromatic heterocycles. The van der Waals surface area contributed by atoms with Gasteiger partial charge in [-0.1, -0.05) is 48.5 Å². The van der Waals surface area contributed by atoms with E-state index in [-0.39, 0.29) is 11.8 Å². The van der Waals surface area contributed by atoms with Crippen LogP contribution in [0.5, 0.6) is 0 Å². The van der Waals surface area contributed by atoms with E-state index in [4.69, 9.17) is 0 Å². The molecule has 0 amide bonds. The number of aliphatic hydroxyl groups is 2. The number of benzene rings is 2. The Bertz CT molecular complexity index is 647. The lowest BCUT2D eigenvalue weighted by Gasteiger charge is -2.37. The average Bonchev–Trinajstić information content (AvgIpc) is 2.66. The monoisotopic (exact) mass is 322 g/mol. The third-order valence-corrected chi connectivity index (χ3v) is 6.01. The smallest absolute Gasteiger partial charge is 0.0873 e. The molecule has 4 unspecified atom stereocenters. The van der Waals surface area contributed by atoms with Crippen molar-refractivity contribution in [2.75, 3.05) is 0 Å². The summed E-state index contributed by atoms with van der Waals surface area (Å²) in [5, 5.41) is 22.0. The van der Waals surface area contributed by atoms with Crippen LogP contribution in [0.2, 0.25) is 0 Å². The molecule has 126 valence electrons. The molecule has 0 aliphatic heterocycles. The third-order valence-electron chi connectivity index (χ3n) is 6.01. The molecule has 0 saturated heterocycles. The van der Waals surface area contributed by atoms with Crippen molar-refractivity contribution < 1.29 is 10.2 Å². The molecule has 24 heavy (non-hydrogen) atoms. The summed E-state index contributed by atoms with van der Waals surface area (Å²) < 4.78 is 0. The second-order valence-electron chi connectivity index (χ2n) is 7.38. The number of aryl methyl sites for hydroxylation is 2. The van der Waals surface area contributed by atoms with Crippen LogP contribution in [0.25, 0.3) is 0 Å². The molecule has 2 aliphatic rings. The Balaban J connectivity index is 1.61. The van der Waals surface area contributed by atoms with E-state index in [1.165, 1.54) is 22.3 Å². The molecule has 2 aliphatic carbocycles. The van der Waals surface area contributed by atoms with Gasteiger partial charge in [0.2, 0.25) is 0 Å². The number of hydrogen-bond acceptors (Lipinski definition) is 2. The summed E-state index contributed by atoms with van der Waals surface area (Å²) in [6.45, 7) is 0. The van der Waals surface area contributed by atoms with Crippen molar-refractivity contribution in [1.82, 2.24) is 0 Å². The van der Waals surface area contributed by atoms with Gasteiger partial charge in [-0.25, -0.2) is 0 Å². The van der Waals surface area contributed by atoms with Crippen molar-refractivity contribution in [2.24, 2.45) is 0 Å². The predicted octanol–water partition coefficient (Wildman–Crippen LogP) is 3.95. The summed E-state index contributed by atoms with van der Waals surface area (Å²) >= 11 is 0. The third kappa shape index (κ3) is 2.78. The fourth-order valence-electron chi connectivity index (χ4n) is 4.77. The Hall–Kier alpha value is -1.64. The van der Waals surface area contributed by atoms with Crippen molar-refractivity contribution in [1.29, 1.82) is 0 Å². The normalized spacial score (nSPS) is 25.4. The van der Waals surface area contributed by atoms with Gasteiger partial charge in [0.15, 0.2) is 0 Å². The van der Waals surface area contributed by atoms with Gasteiger partial charge in [-0.2, -0.15) is 0 Å². The van der Waals surface area contributed by atoms with Crippen LogP contribution >= 0.6 is 0 Å². The van der Waals surface area contributed by atoms with E-state index in [9.17, 15) is 10.2 Å². The number of fused-ring (bicyclic) bond motifs is 2. The minimum atomic E-state index is -0.692. The van der Waals surface area contributed by atoms with Gasteiger partial charge < -0.3 is 10.2 Å². The molecule has 2 nitrogen and oxygen atoms in total. The summed E-state index contributed by atoms with van der Waals surface area (Å²) in [5.74, 6) is 0.109. The van der Waals surface area contributed by atoms with Gasteiger partial charge in [0, 0.05) is 11.8 Å². The van der Waals surface area contributed by atoms with E-state index in [1.54, 1.807) is 0 Å². The van der Waals surface area contributed by atoms with Crippen LogP contribution in [0.1, 0.15) is 59.8 Å². The van der Waals surface area contributed by atoms with Gasteiger partial charge >= 0.3 is 0 Å². The van der Waals surface area contributed by atoms with Gasteiger partial charge in [-0.05, 0) is 60.8 Å². The Kier molecular flexibility index (Phi) is 4.43. The SMILES string of the molecule is OC(C1CCCc2ccccc21)C(O)C1CCCc2ccccc21. The molecule has 0 heterocycles. The predicted molar refractivity (Wildman–Crippen MR) is 96.3 cm³/mol. The van der Waals surface area contributed by atoms with E-state index in [2.05, 4.69) is 36.4 Å². The van der Waals surface area contributed by atoms with Crippen LogP contribution in [0, 0.1) is 0 Å². The lowest BCUT2D eigenvalue weighted by Crippen LogP contribution is -2.39. The van der Waals surface area contributed by atoms with Crippen molar-refractivity contribution in [3.05, 3.63) is 70.8 Å². The van der Waals surface area contributed by atoms with Crippen molar-refractivity contribution in [2.45, 2.75) is 62.6 Å². The molecule has 0 bridgehead atoms. The van der Waals surface area contributed by atoms with Crippen LogP contribution < -0.4 is 0 Å². The van der Waals surface area contributed by atoms with Crippen LogP contribution in [0.4, 0.5) is 0 Å². The highest BCUT2D eigenvalue weighted by Crippen LogP contribution is 2.40. The fourth-order valence-corrected chi connectivity index (χ4v) is 4.77. The molecule has 0 saturated carbocycles. The number of rotatable bonds is 3. The second kappa shape index (κ2) is 6.70. The summed E-state index contributed by atoms with van der Waals surface area (Å²) in [4.78, 5) is 0. The number of aliphatic hydroxyl groups excluding tert-OH is 2. The molecule has 4 rings (SSSR count). The second-order valence-corrected chi connectivity index (χ2v) is 7.38. The van der Waals surface area contributed by atoms with Gasteiger partial charge in [0.05, 0.1) is 12.2 Å². The molecule has 0 radical (unpaired) electrons. The minimum Gasteiger partial charge on any atom is -0.390 e. The van der Waals surface area contributed by atoms with Gasteiger partial charge in [-0.15, -0.1) is 0 Å². The lowest BCUT2D eigenvalue weighted by atomic mass is 9.72. The van der Waals surface area contributed by atoms with E-state index < -0.39 is 12.2 Å². The molecular formula is C22H26O2. The van der Waals surface area contributed by atoms with E-state index >= 15 is 0 Å². The molecule has 0 spiro atoms. The Morgan fingerprint density at radius 1 is 0.667 bits per heavy atom. The van der Waals surface area contributed by atoms with Gasteiger partial charge in [0.25, 0.3) is 0 Å². The summed E-state index contributed by atoms with van der Waals surface area (Å²) in [6, 6.07) is 16.8. The molecular weight excluding hydrogens is 296 g/mol. The molecule has 4 atom stereocenters. The zero-order valence-electron chi connectivity index (χ0n) is 14.1. The molecule has 2 heteroatoms. The first kappa shape index (κ1) is 15.9. The highest BCUT2D eigenvalue weighted by molar-refractivity contribution is 5.36. The summed E-state index contributed by atoms with van der Waals surface area (Å²) in [6.07, 6.45) is 4.89. The van der Waals surface area contributed by atoms with Gasteiger partial charge in [-0.3, -0.25) is 0 Å². The fraction of sp³-hybridized carbons (Fsp3) is 0.455. The highest BCUT2D eigenvalue weighted by atomic mass is 16.3. The average molecular weight is 322 g/mol. The van der Waals surface area contributed by atoms with Crippen LogP contribution in [-0.4, -0.2) is 22.4 Å². The maximum Gasteiger partial charge on any atom is 0.0873 e. The van der Waals surface area contributed by atoms with E-state index in [0.717, 1.165) is 38.5 Å². The Morgan fingerprint density at radius 2 is 1.08 bits per heavy atom. The van der Waals surface area contributed by atoms with Crippen molar-refractivity contribution >= 4 is 0 Å². The molecule has 2 aromatic rings. The number of hydrogen-bond donors (Lipinski definition) is 2. The zero-order valence-corrected chi connectivity index (χ0v) is 14.1. The van der Waals surface area contributed by atoms with Crippen molar-refractivity contribution in [3.63, 3.8) is 0 Å².